The summed E-state index contributed by atoms with van der Waals surface area (Å²) >= 11 is 1.57. The van der Waals surface area contributed by atoms with Gasteiger partial charge in [-0.1, -0.05) is 36.4 Å². The first-order chi connectivity index (χ1) is 20.2. The zero-order chi connectivity index (χ0) is 30.6. The molecule has 2 amide bonds. The van der Waals surface area contributed by atoms with E-state index in [1.807, 2.05) is 67.8 Å². The Morgan fingerprint density at radius 2 is 1.36 bits per heavy atom. The molecule has 2 N–H and O–H groups in total. The van der Waals surface area contributed by atoms with Crippen LogP contribution in [-0.2, 0) is 0 Å². The summed E-state index contributed by atoms with van der Waals surface area (Å²) in [6.07, 6.45) is 0.808. The van der Waals surface area contributed by atoms with Crippen molar-refractivity contribution in [1.82, 2.24) is 9.80 Å². The number of rotatable bonds is 12. The number of amides is 2. The van der Waals surface area contributed by atoms with Gasteiger partial charge in [0.25, 0.3) is 0 Å². The molecule has 3 aromatic carbocycles. The molecule has 0 fully saturated rings. The highest BCUT2D eigenvalue weighted by atomic mass is 32.2. The van der Waals surface area contributed by atoms with Crippen LogP contribution in [0.5, 0.6) is 23.0 Å². The van der Waals surface area contributed by atoms with Crippen LogP contribution in [0.4, 0.5) is 9.59 Å². The molecule has 9 nitrogen and oxygen atoms in total. The average Bonchev–Trinajstić information content (AvgIpc) is 3.02. The molecule has 0 saturated carbocycles. The molecule has 0 radical (unpaired) electrons. The van der Waals surface area contributed by atoms with E-state index >= 15 is 0 Å². The zero-order valence-corrected chi connectivity index (χ0v) is 25.8. The summed E-state index contributed by atoms with van der Waals surface area (Å²) in [5.41, 5.74) is 10.3. The first kappa shape index (κ1) is 32.4. The fourth-order valence-electron chi connectivity index (χ4n) is 3.72. The number of hydrogen-bond acceptors (Lipinski definition) is 8. The highest BCUT2D eigenvalue weighted by Gasteiger charge is 2.18. The number of thioether (sulfide) groups is 1. The molecule has 0 heterocycles. The van der Waals surface area contributed by atoms with Gasteiger partial charge in [0.05, 0.1) is 14.2 Å². The number of carbonyl (C=O) groups is 2. The molecule has 0 aromatic heterocycles. The van der Waals surface area contributed by atoms with Crippen molar-refractivity contribution in [3.8, 4) is 34.1 Å². The summed E-state index contributed by atoms with van der Waals surface area (Å²) in [5.74, 6) is 2.36. The van der Waals surface area contributed by atoms with Gasteiger partial charge in [-0.05, 0) is 71.9 Å². The molecule has 42 heavy (non-hydrogen) atoms. The second kappa shape index (κ2) is 15.7. The molecule has 224 valence electrons. The fourth-order valence-corrected chi connectivity index (χ4v) is 4.48. The van der Waals surface area contributed by atoms with Crippen LogP contribution in [0.2, 0.25) is 0 Å². The van der Waals surface area contributed by atoms with Crippen LogP contribution in [0.15, 0.2) is 66.1 Å². The fraction of sp³-hybridized carbons (Fsp3) is 0.312. The van der Waals surface area contributed by atoms with Crippen molar-refractivity contribution in [2.45, 2.75) is 19.9 Å². The molecule has 0 spiro atoms. The lowest BCUT2D eigenvalue weighted by Crippen LogP contribution is -2.31. The molecular weight excluding hydrogens is 554 g/mol. The van der Waals surface area contributed by atoms with E-state index in [1.54, 1.807) is 58.3 Å². The smallest absolute Gasteiger partial charge is 0.415 e. The van der Waals surface area contributed by atoms with Crippen molar-refractivity contribution in [2.75, 3.05) is 47.2 Å². The van der Waals surface area contributed by atoms with Gasteiger partial charge in [0, 0.05) is 39.0 Å². The van der Waals surface area contributed by atoms with Crippen molar-refractivity contribution in [3.63, 3.8) is 0 Å². The Morgan fingerprint density at radius 3 is 1.95 bits per heavy atom. The van der Waals surface area contributed by atoms with E-state index in [-0.39, 0.29) is 17.5 Å². The van der Waals surface area contributed by atoms with Gasteiger partial charge in [-0.2, -0.15) is 0 Å². The first-order valence-corrected chi connectivity index (χ1v) is 14.6. The summed E-state index contributed by atoms with van der Waals surface area (Å²) in [4.78, 5) is 27.6. The Bertz CT molecular complexity index is 1380. The third-order valence-corrected chi connectivity index (χ3v) is 7.50. The Morgan fingerprint density at radius 1 is 0.786 bits per heavy atom. The molecule has 1 atom stereocenters. The lowest BCUT2D eigenvalue weighted by atomic mass is 10.0. The number of benzene rings is 3. The number of carbonyl (C=O) groups excluding carboxylic acids is 2. The normalized spacial score (nSPS) is 11.6. The van der Waals surface area contributed by atoms with Crippen LogP contribution < -0.4 is 24.7 Å². The predicted octanol–water partition coefficient (Wildman–Crippen LogP) is 6.68. The van der Waals surface area contributed by atoms with Crippen LogP contribution in [0.1, 0.15) is 31.0 Å². The monoisotopic (exact) mass is 593 g/mol. The van der Waals surface area contributed by atoms with Crippen LogP contribution >= 0.6 is 11.8 Å². The van der Waals surface area contributed by atoms with Crippen LogP contribution in [0, 0.1) is 0 Å². The van der Waals surface area contributed by atoms with Gasteiger partial charge >= 0.3 is 12.2 Å². The van der Waals surface area contributed by atoms with E-state index < -0.39 is 12.2 Å². The predicted molar refractivity (Wildman–Crippen MR) is 169 cm³/mol. The molecule has 1 unspecified atom stereocenters. The van der Waals surface area contributed by atoms with E-state index in [4.69, 9.17) is 24.7 Å². The summed E-state index contributed by atoms with van der Waals surface area (Å²) in [6, 6.07) is 18.9. The molecule has 0 aliphatic carbocycles. The molecule has 0 saturated heterocycles. The largest absolute Gasteiger partial charge is 0.493 e. The van der Waals surface area contributed by atoms with Gasteiger partial charge in [-0.25, -0.2) is 9.59 Å². The minimum Gasteiger partial charge on any atom is -0.493 e. The highest BCUT2D eigenvalue weighted by Crippen LogP contribution is 2.33. The quantitative estimate of drug-likeness (QED) is 0.248. The van der Waals surface area contributed by atoms with Crippen molar-refractivity contribution in [1.29, 1.82) is 0 Å². The molecule has 0 aliphatic rings. The van der Waals surface area contributed by atoms with Crippen molar-refractivity contribution in [2.24, 2.45) is 5.73 Å². The highest BCUT2D eigenvalue weighted by molar-refractivity contribution is 8.02. The number of ether oxygens (including phenoxy) is 4. The van der Waals surface area contributed by atoms with Gasteiger partial charge in [-0.3, -0.25) is 0 Å². The minimum atomic E-state index is -0.544. The third-order valence-electron chi connectivity index (χ3n) is 6.62. The number of nitrogens with zero attached hydrogens (tertiary/aromatic N) is 2. The van der Waals surface area contributed by atoms with Gasteiger partial charge in [0.2, 0.25) is 0 Å². The summed E-state index contributed by atoms with van der Waals surface area (Å²) in [7, 11) is 6.50. The number of nitrogens with two attached hydrogens (primary N) is 1. The Kier molecular flexibility index (Phi) is 12.1. The number of methoxy groups -OCH3 is 2. The third kappa shape index (κ3) is 8.67. The SMILES string of the molecule is CCN(C)C(=O)Oc1ccc(/C=C/SCC(N)c2ccc(-c3ccc(OC)c(OC)c3)cc2)cc1OC(=O)N(C)CC. The standard InChI is InChI=1S/C32H39N3O6S/c1-7-34(3)31(36)40-28-15-9-22(19-30(28)41-32(37)35(4)8-2)17-18-42-21-26(33)24-12-10-23(11-13-24)25-14-16-27(38-5)29(20-25)39-6/h9-20,26H,7-8,21,33H2,1-6H3/b18-17+. The lowest BCUT2D eigenvalue weighted by Gasteiger charge is -2.18. The summed E-state index contributed by atoms with van der Waals surface area (Å²) in [6.45, 7) is 4.63. The van der Waals surface area contributed by atoms with Gasteiger partial charge in [0.1, 0.15) is 0 Å². The van der Waals surface area contributed by atoms with E-state index in [0.29, 0.717) is 30.3 Å². The lowest BCUT2D eigenvalue weighted by molar-refractivity contribution is 0.154. The summed E-state index contributed by atoms with van der Waals surface area (Å²) in [5, 5.41) is 1.94. The van der Waals surface area contributed by atoms with Gasteiger partial charge in [-0.15, -0.1) is 11.8 Å². The zero-order valence-electron chi connectivity index (χ0n) is 25.0. The Balaban J connectivity index is 1.65. The van der Waals surface area contributed by atoms with Crippen molar-refractivity contribution < 1.29 is 28.5 Å². The molecular formula is C32H39N3O6S. The van der Waals surface area contributed by atoms with Gasteiger partial charge < -0.3 is 34.5 Å². The van der Waals surface area contributed by atoms with E-state index in [1.165, 1.54) is 9.80 Å². The van der Waals surface area contributed by atoms with Crippen LogP contribution in [0.25, 0.3) is 17.2 Å². The van der Waals surface area contributed by atoms with E-state index in [9.17, 15) is 9.59 Å². The average molecular weight is 594 g/mol. The topological polar surface area (TPSA) is 104 Å². The maximum Gasteiger partial charge on any atom is 0.415 e. The van der Waals surface area contributed by atoms with Crippen molar-refractivity contribution >= 4 is 30.0 Å². The second-order valence-electron chi connectivity index (χ2n) is 9.40. The maximum absolute atomic E-state index is 12.4. The maximum atomic E-state index is 12.4. The molecule has 10 heteroatoms. The molecule has 3 aromatic rings. The molecule has 3 rings (SSSR count). The van der Waals surface area contributed by atoms with Crippen molar-refractivity contribution in [3.05, 3.63) is 77.2 Å². The van der Waals surface area contributed by atoms with Gasteiger partial charge in [0.15, 0.2) is 23.0 Å². The Labute approximate surface area is 252 Å². The van der Waals surface area contributed by atoms with Crippen LogP contribution in [0.3, 0.4) is 0 Å². The second-order valence-corrected chi connectivity index (χ2v) is 10.3. The summed E-state index contributed by atoms with van der Waals surface area (Å²) < 4.78 is 21.7. The molecule has 0 aliphatic heterocycles. The van der Waals surface area contributed by atoms with E-state index in [2.05, 4.69) is 0 Å². The molecule has 0 bridgehead atoms. The minimum absolute atomic E-state index is 0.163. The first-order valence-electron chi connectivity index (χ1n) is 13.6. The number of hydrogen-bond donors (Lipinski definition) is 1. The van der Waals surface area contributed by atoms with Crippen LogP contribution in [-0.4, -0.2) is 69.1 Å². The van der Waals surface area contributed by atoms with E-state index in [0.717, 1.165) is 22.3 Å². The Hall–Kier alpha value is -4.15.